The van der Waals surface area contributed by atoms with Gasteiger partial charge < -0.3 is 10.8 Å². The number of rotatable bonds is 3. The van der Waals surface area contributed by atoms with Crippen LogP contribution in [0.2, 0.25) is 0 Å². The summed E-state index contributed by atoms with van der Waals surface area (Å²) in [4.78, 5) is 10.1. The van der Waals surface area contributed by atoms with E-state index >= 15 is 0 Å². The van der Waals surface area contributed by atoms with Gasteiger partial charge >= 0.3 is 33.3 Å². The van der Waals surface area contributed by atoms with Gasteiger partial charge in [-0.05, 0) is 12.3 Å². The van der Waals surface area contributed by atoms with Crippen LogP contribution in [0.3, 0.4) is 0 Å². The summed E-state index contributed by atoms with van der Waals surface area (Å²) in [6.45, 7) is 3.89. The minimum atomic E-state index is -0.913. The second kappa shape index (κ2) is 6.09. The third-order valence-corrected chi connectivity index (χ3v) is 1.04. The van der Waals surface area contributed by atoms with E-state index in [0.29, 0.717) is 12.3 Å². The van der Waals surface area contributed by atoms with Gasteiger partial charge in [0.25, 0.3) is 0 Å². The maximum atomic E-state index is 10.1. The zero-order valence-electron chi connectivity index (χ0n) is 6.50. The van der Waals surface area contributed by atoms with Crippen LogP contribution in [0.4, 0.5) is 0 Å². The standard InChI is InChI=1S/C6H13NO2.Pb.2H/c1-4(2)3-5(7)6(8)9;;;/h4-5H,3,7H2,1-2H3,(H,8,9);;;. The summed E-state index contributed by atoms with van der Waals surface area (Å²) in [5.74, 6) is -0.556. The van der Waals surface area contributed by atoms with Gasteiger partial charge in [0.1, 0.15) is 6.04 Å². The molecule has 0 saturated heterocycles. The molecule has 0 aromatic carbocycles. The zero-order valence-corrected chi connectivity index (χ0v) is 12.0. The van der Waals surface area contributed by atoms with Crippen molar-refractivity contribution in [3.8, 4) is 0 Å². The van der Waals surface area contributed by atoms with Crippen LogP contribution in [-0.4, -0.2) is 44.4 Å². The van der Waals surface area contributed by atoms with E-state index in [-0.39, 0.29) is 27.3 Å². The molecule has 1 atom stereocenters. The first-order valence-electron chi connectivity index (χ1n) is 3.02. The molecule has 0 heterocycles. The molecule has 0 saturated carbocycles. The number of nitrogens with two attached hydrogens (primary N) is 1. The molecule has 0 aromatic heterocycles. The van der Waals surface area contributed by atoms with Gasteiger partial charge in [-0.25, -0.2) is 0 Å². The second-order valence-electron chi connectivity index (χ2n) is 2.57. The summed E-state index contributed by atoms with van der Waals surface area (Å²) in [6, 6.07) is -0.690. The molecule has 0 aliphatic heterocycles. The van der Waals surface area contributed by atoms with Crippen molar-refractivity contribution in [2.24, 2.45) is 11.7 Å². The fraction of sp³-hybridized carbons (Fsp3) is 0.833. The first-order chi connectivity index (χ1) is 4.04. The van der Waals surface area contributed by atoms with Crippen molar-refractivity contribution in [1.82, 2.24) is 0 Å². The molecule has 4 heteroatoms. The van der Waals surface area contributed by atoms with Crippen molar-refractivity contribution >= 4 is 33.3 Å². The molecule has 0 bridgehead atoms. The van der Waals surface area contributed by atoms with E-state index in [2.05, 4.69) is 0 Å². The molecule has 0 aliphatic carbocycles. The molecule has 0 rings (SSSR count). The van der Waals surface area contributed by atoms with Crippen LogP contribution in [0.25, 0.3) is 0 Å². The van der Waals surface area contributed by atoms with Crippen LogP contribution in [0, 0.1) is 5.92 Å². The normalized spacial score (nSPS) is 12.4. The topological polar surface area (TPSA) is 63.3 Å². The summed E-state index contributed by atoms with van der Waals surface area (Å²) in [6.07, 6.45) is 0.551. The van der Waals surface area contributed by atoms with Crippen LogP contribution in [0.15, 0.2) is 0 Å². The van der Waals surface area contributed by atoms with Gasteiger partial charge in [-0.15, -0.1) is 0 Å². The molecule has 60 valence electrons. The van der Waals surface area contributed by atoms with E-state index in [9.17, 15) is 4.79 Å². The number of carbonyl (C=O) groups is 1. The van der Waals surface area contributed by atoms with Gasteiger partial charge in [0.2, 0.25) is 0 Å². The second-order valence-corrected chi connectivity index (χ2v) is 2.57. The van der Waals surface area contributed by atoms with Crippen molar-refractivity contribution in [1.29, 1.82) is 0 Å². The van der Waals surface area contributed by atoms with Crippen LogP contribution in [0.5, 0.6) is 0 Å². The third-order valence-electron chi connectivity index (χ3n) is 1.04. The number of carboxylic acid groups (broad SMARTS) is 1. The van der Waals surface area contributed by atoms with E-state index in [1.165, 1.54) is 0 Å². The minimum absolute atomic E-state index is 0. The summed E-state index contributed by atoms with van der Waals surface area (Å²) in [5, 5.41) is 8.31. The Morgan fingerprint density at radius 2 is 2.00 bits per heavy atom. The molecular weight excluding hydrogens is 325 g/mol. The molecule has 0 fully saturated rings. The van der Waals surface area contributed by atoms with Gasteiger partial charge in [0.15, 0.2) is 0 Å². The van der Waals surface area contributed by atoms with E-state index in [1.54, 1.807) is 0 Å². The molecule has 1 unspecified atom stereocenters. The van der Waals surface area contributed by atoms with Crippen LogP contribution < -0.4 is 5.73 Å². The predicted octanol–water partition coefficient (Wildman–Crippen LogP) is -0.472. The Morgan fingerprint density at radius 1 is 1.60 bits per heavy atom. The average molecular weight is 340 g/mol. The number of hydrogen-bond acceptors (Lipinski definition) is 2. The van der Waals surface area contributed by atoms with Crippen molar-refractivity contribution in [2.45, 2.75) is 26.3 Å². The first-order valence-corrected chi connectivity index (χ1v) is 3.02. The van der Waals surface area contributed by atoms with Gasteiger partial charge in [-0.2, -0.15) is 0 Å². The summed E-state index contributed by atoms with van der Waals surface area (Å²) < 4.78 is 0. The fourth-order valence-electron chi connectivity index (χ4n) is 0.609. The quantitative estimate of drug-likeness (QED) is 0.683. The zero-order chi connectivity index (χ0) is 7.44. The fourth-order valence-corrected chi connectivity index (χ4v) is 0.609. The van der Waals surface area contributed by atoms with E-state index < -0.39 is 12.0 Å². The summed E-state index contributed by atoms with van der Waals surface area (Å²) in [5.41, 5.74) is 5.22. The van der Waals surface area contributed by atoms with Crippen LogP contribution >= 0.6 is 0 Å². The third kappa shape index (κ3) is 6.47. The average Bonchev–Trinajstić information content (AvgIpc) is 1.63. The number of aliphatic carboxylic acids is 1. The van der Waals surface area contributed by atoms with Crippen molar-refractivity contribution in [2.75, 3.05) is 0 Å². The van der Waals surface area contributed by atoms with E-state index in [1.807, 2.05) is 13.8 Å². The van der Waals surface area contributed by atoms with Gasteiger partial charge in [0, 0.05) is 0 Å². The van der Waals surface area contributed by atoms with Crippen molar-refractivity contribution in [3.63, 3.8) is 0 Å². The Balaban J connectivity index is 0. The molecule has 10 heavy (non-hydrogen) atoms. The Hall–Kier alpha value is 0.352. The Bertz CT molecular complexity index is 106. The molecular formula is C6H15NO2Pb. The maximum absolute atomic E-state index is 10.1. The van der Waals surface area contributed by atoms with Crippen LogP contribution in [0.1, 0.15) is 20.3 Å². The van der Waals surface area contributed by atoms with Gasteiger partial charge in [0.05, 0.1) is 0 Å². The molecule has 0 amide bonds. The van der Waals surface area contributed by atoms with Crippen LogP contribution in [-0.2, 0) is 4.79 Å². The molecule has 0 aromatic rings. The van der Waals surface area contributed by atoms with Crippen molar-refractivity contribution in [3.05, 3.63) is 0 Å². The molecule has 2 radical (unpaired) electrons. The van der Waals surface area contributed by atoms with E-state index in [4.69, 9.17) is 10.8 Å². The Kier molecular flexibility index (Phi) is 7.90. The summed E-state index contributed by atoms with van der Waals surface area (Å²) >= 11 is 0. The first kappa shape index (κ1) is 13.0. The Morgan fingerprint density at radius 3 is 2.10 bits per heavy atom. The molecule has 0 aliphatic rings. The van der Waals surface area contributed by atoms with Crippen molar-refractivity contribution < 1.29 is 9.90 Å². The molecule has 3 nitrogen and oxygen atoms in total. The molecule has 0 spiro atoms. The summed E-state index contributed by atoms with van der Waals surface area (Å²) in [7, 11) is 0. The number of hydrogen-bond donors (Lipinski definition) is 2. The predicted molar refractivity (Wildman–Crippen MR) is 43.6 cm³/mol. The molecule has 3 N–H and O–H groups in total. The SMILES string of the molecule is CC(C)CC(N)C(=O)O.[PbH2]. The monoisotopic (exact) mass is 341 g/mol. The Labute approximate surface area is 81.1 Å². The van der Waals surface area contributed by atoms with E-state index in [0.717, 1.165) is 0 Å². The van der Waals surface area contributed by atoms with Gasteiger partial charge in [-0.1, -0.05) is 13.8 Å². The number of carboxylic acids is 1. The van der Waals surface area contributed by atoms with Gasteiger partial charge in [-0.3, -0.25) is 4.79 Å².